The molecule has 0 atom stereocenters. The van der Waals surface area contributed by atoms with Gasteiger partial charge in [-0.25, -0.2) is 9.18 Å². The van der Waals surface area contributed by atoms with Crippen LogP contribution in [-0.2, 0) is 4.79 Å². The summed E-state index contributed by atoms with van der Waals surface area (Å²) in [5.74, 6) is -3.40. The third kappa shape index (κ3) is 6.06. The predicted octanol–water partition coefficient (Wildman–Crippen LogP) is 5.90. The fraction of sp³-hybridized carbons (Fsp3) is 0.370. The van der Waals surface area contributed by atoms with E-state index in [9.17, 15) is 22.4 Å². The zero-order valence-corrected chi connectivity index (χ0v) is 21.6. The minimum absolute atomic E-state index is 0.299. The van der Waals surface area contributed by atoms with Crippen molar-refractivity contribution in [2.24, 2.45) is 0 Å². The Hall–Kier alpha value is -3.93. The van der Waals surface area contributed by atoms with Crippen LogP contribution < -0.4 is 5.32 Å². The van der Waals surface area contributed by atoms with Crippen LogP contribution in [0.25, 0.3) is 21.8 Å². The SMILES string of the molecule is Cc1ccc(F)c2cc(C(=O)Nc3cccc4c3cnn4C3CCC(N(C)C)CC3)[nH]c12.O=C(O)C(F)(F)F. The van der Waals surface area contributed by atoms with Gasteiger partial charge >= 0.3 is 12.1 Å². The Morgan fingerprint density at radius 1 is 1.10 bits per heavy atom. The Morgan fingerprint density at radius 3 is 2.36 bits per heavy atom. The monoisotopic (exact) mass is 547 g/mol. The van der Waals surface area contributed by atoms with Gasteiger partial charge in [0.25, 0.3) is 5.91 Å². The number of aryl methyl sites for hydroxylation is 1. The lowest BCUT2D eigenvalue weighted by molar-refractivity contribution is -0.192. The van der Waals surface area contributed by atoms with E-state index in [1.54, 1.807) is 12.1 Å². The molecular formula is C27H29F4N5O3. The fourth-order valence-electron chi connectivity index (χ4n) is 4.93. The largest absolute Gasteiger partial charge is 0.490 e. The molecule has 0 spiro atoms. The van der Waals surface area contributed by atoms with Gasteiger partial charge in [0.05, 0.1) is 29.0 Å². The van der Waals surface area contributed by atoms with Crippen LogP contribution in [0.2, 0.25) is 0 Å². The number of fused-ring (bicyclic) bond motifs is 2. The third-order valence-corrected chi connectivity index (χ3v) is 7.07. The van der Waals surface area contributed by atoms with Crippen molar-refractivity contribution in [3.8, 4) is 0 Å². The predicted molar refractivity (Wildman–Crippen MR) is 139 cm³/mol. The van der Waals surface area contributed by atoms with Crippen molar-refractivity contribution in [1.82, 2.24) is 19.7 Å². The van der Waals surface area contributed by atoms with Crippen LogP contribution in [0.1, 0.15) is 47.8 Å². The number of amides is 1. The van der Waals surface area contributed by atoms with Crippen LogP contribution in [0.5, 0.6) is 0 Å². The van der Waals surface area contributed by atoms with Crippen molar-refractivity contribution in [1.29, 1.82) is 0 Å². The Kier molecular flexibility index (Phi) is 7.96. The number of aromatic nitrogens is 3. The zero-order chi connectivity index (χ0) is 28.5. The summed E-state index contributed by atoms with van der Waals surface area (Å²) in [5, 5.41) is 16.1. The number of anilines is 1. The number of halogens is 4. The van der Waals surface area contributed by atoms with Crippen molar-refractivity contribution in [3.63, 3.8) is 0 Å². The van der Waals surface area contributed by atoms with E-state index in [1.165, 1.54) is 6.07 Å². The Bertz CT molecular complexity index is 1460. The number of nitrogens with one attached hydrogen (secondary N) is 2. The summed E-state index contributed by atoms with van der Waals surface area (Å²) in [5.41, 5.74) is 3.60. The smallest absolute Gasteiger partial charge is 0.475 e. The lowest BCUT2D eigenvalue weighted by Gasteiger charge is -2.33. The second kappa shape index (κ2) is 11.0. The molecule has 1 fully saturated rings. The number of rotatable bonds is 4. The first-order valence-corrected chi connectivity index (χ1v) is 12.4. The van der Waals surface area contributed by atoms with Gasteiger partial charge in [-0.1, -0.05) is 12.1 Å². The van der Waals surface area contributed by atoms with Crippen LogP contribution in [0.4, 0.5) is 23.2 Å². The number of aromatic amines is 1. The summed E-state index contributed by atoms with van der Waals surface area (Å²) in [6.45, 7) is 1.89. The van der Waals surface area contributed by atoms with E-state index in [2.05, 4.69) is 45.1 Å². The number of hydrogen-bond donors (Lipinski definition) is 3. The molecule has 0 aliphatic heterocycles. The number of aliphatic carboxylic acids is 1. The first kappa shape index (κ1) is 28.1. The van der Waals surface area contributed by atoms with Crippen molar-refractivity contribution in [2.75, 3.05) is 19.4 Å². The van der Waals surface area contributed by atoms with Crippen molar-refractivity contribution in [3.05, 3.63) is 59.7 Å². The quantitative estimate of drug-likeness (QED) is 0.276. The summed E-state index contributed by atoms with van der Waals surface area (Å²) in [7, 11) is 4.29. The molecule has 4 aromatic rings. The molecule has 1 aliphatic carbocycles. The van der Waals surface area contributed by atoms with Gasteiger partial charge in [-0.2, -0.15) is 18.3 Å². The van der Waals surface area contributed by atoms with Crippen LogP contribution in [0.15, 0.2) is 42.6 Å². The second-order valence-corrected chi connectivity index (χ2v) is 9.85. The van der Waals surface area contributed by atoms with Crippen molar-refractivity contribution < 1.29 is 32.3 Å². The van der Waals surface area contributed by atoms with Crippen LogP contribution in [0.3, 0.4) is 0 Å². The maximum atomic E-state index is 14.2. The molecule has 0 saturated heterocycles. The first-order valence-electron chi connectivity index (χ1n) is 12.4. The molecule has 3 N–H and O–H groups in total. The molecule has 2 aromatic carbocycles. The third-order valence-electron chi connectivity index (χ3n) is 7.07. The van der Waals surface area contributed by atoms with E-state index in [4.69, 9.17) is 9.90 Å². The molecule has 5 rings (SSSR count). The molecule has 39 heavy (non-hydrogen) atoms. The number of carboxylic acid groups (broad SMARTS) is 1. The Morgan fingerprint density at radius 2 is 1.77 bits per heavy atom. The highest BCUT2D eigenvalue weighted by molar-refractivity contribution is 6.09. The van der Waals surface area contributed by atoms with Crippen LogP contribution >= 0.6 is 0 Å². The molecule has 0 bridgehead atoms. The molecule has 2 aromatic heterocycles. The molecule has 0 unspecified atom stereocenters. The minimum atomic E-state index is -5.08. The van der Waals surface area contributed by atoms with Gasteiger partial charge in [0.2, 0.25) is 0 Å². The van der Waals surface area contributed by atoms with Crippen molar-refractivity contribution in [2.45, 2.75) is 50.9 Å². The molecule has 2 heterocycles. The average molecular weight is 548 g/mol. The van der Waals surface area contributed by atoms with Gasteiger partial charge in [0, 0.05) is 16.8 Å². The minimum Gasteiger partial charge on any atom is -0.475 e. The number of alkyl halides is 3. The molecule has 1 amide bonds. The number of benzene rings is 2. The van der Waals surface area contributed by atoms with E-state index < -0.39 is 12.1 Å². The number of carbonyl (C=O) groups excluding carboxylic acids is 1. The maximum Gasteiger partial charge on any atom is 0.490 e. The van der Waals surface area contributed by atoms with E-state index in [0.717, 1.165) is 42.1 Å². The summed E-state index contributed by atoms with van der Waals surface area (Å²) in [6, 6.07) is 11.6. The fourth-order valence-corrected chi connectivity index (χ4v) is 4.93. The highest BCUT2D eigenvalue weighted by Crippen LogP contribution is 2.34. The van der Waals surface area contributed by atoms with E-state index in [0.29, 0.717) is 34.4 Å². The maximum absolute atomic E-state index is 14.2. The zero-order valence-electron chi connectivity index (χ0n) is 21.6. The van der Waals surface area contributed by atoms with Gasteiger partial charge < -0.3 is 20.3 Å². The van der Waals surface area contributed by atoms with E-state index in [-0.39, 0.29) is 11.7 Å². The first-order chi connectivity index (χ1) is 18.4. The molecular weight excluding hydrogens is 518 g/mol. The highest BCUT2D eigenvalue weighted by Gasteiger charge is 2.38. The average Bonchev–Trinajstić information content (AvgIpc) is 3.53. The Balaban J connectivity index is 0.000000448. The number of carbonyl (C=O) groups is 2. The Labute approximate surface area is 221 Å². The standard InChI is InChI=1S/C25H28FN5O.C2HF3O2/c1-15-7-12-20(26)18-13-22(28-24(15)18)25(32)29-21-5-4-6-23-19(21)14-27-31(23)17-10-8-16(9-11-17)30(2)3;3-2(4,5)1(6)7/h4-7,12-14,16-17,28H,8-11H2,1-3H3,(H,29,32);(H,6,7). The number of hydrogen-bond acceptors (Lipinski definition) is 4. The number of carboxylic acids is 1. The van der Waals surface area contributed by atoms with Gasteiger partial charge in [0.1, 0.15) is 11.5 Å². The topological polar surface area (TPSA) is 103 Å². The highest BCUT2D eigenvalue weighted by atomic mass is 19.4. The van der Waals surface area contributed by atoms with Gasteiger partial charge in [0.15, 0.2) is 0 Å². The second-order valence-electron chi connectivity index (χ2n) is 9.85. The number of nitrogens with zero attached hydrogens (tertiary/aromatic N) is 3. The number of H-pyrrole nitrogens is 1. The summed E-state index contributed by atoms with van der Waals surface area (Å²) >= 11 is 0. The summed E-state index contributed by atoms with van der Waals surface area (Å²) in [4.78, 5) is 27.2. The van der Waals surface area contributed by atoms with Crippen molar-refractivity contribution >= 4 is 39.4 Å². The summed E-state index contributed by atoms with van der Waals surface area (Å²) < 4.78 is 48.0. The lowest BCUT2D eigenvalue weighted by Crippen LogP contribution is -2.33. The molecule has 1 saturated carbocycles. The molecule has 8 nitrogen and oxygen atoms in total. The van der Waals surface area contributed by atoms with Gasteiger partial charge in [-0.3, -0.25) is 9.48 Å². The normalized spacial score (nSPS) is 17.7. The molecule has 208 valence electrons. The van der Waals surface area contributed by atoms with Crippen LogP contribution in [-0.4, -0.2) is 63.0 Å². The molecule has 0 radical (unpaired) electrons. The molecule has 1 aliphatic rings. The van der Waals surface area contributed by atoms with Crippen LogP contribution in [0, 0.1) is 12.7 Å². The van der Waals surface area contributed by atoms with Gasteiger partial charge in [-0.15, -0.1) is 0 Å². The molecule has 12 heteroatoms. The van der Waals surface area contributed by atoms with E-state index in [1.807, 2.05) is 25.3 Å². The van der Waals surface area contributed by atoms with Gasteiger partial charge in [-0.05, 0) is 76.5 Å². The lowest BCUT2D eigenvalue weighted by atomic mass is 9.90. The summed E-state index contributed by atoms with van der Waals surface area (Å²) in [6.07, 6.45) is 1.25. The van der Waals surface area contributed by atoms with E-state index >= 15 is 0 Å².